The fraction of sp³-hybridized carbons (Fsp3) is 0.125. The number of nitrogens with zero attached hydrogens (tertiary/aromatic N) is 2. The number of hydrogen-bond acceptors (Lipinski definition) is 2. The van der Waals surface area contributed by atoms with Crippen LogP contribution in [-0.2, 0) is 6.54 Å². The summed E-state index contributed by atoms with van der Waals surface area (Å²) in [5.74, 6) is -0.00856. The van der Waals surface area contributed by atoms with Crippen LogP contribution in [0.3, 0.4) is 0 Å². The number of carbonyl (C=O) groups is 1. The molecule has 0 heterocycles. The van der Waals surface area contributed by atoms with E-state index < -0.39 is 0 Å². The van der Waals surface area contributed by atoms with Gasteiger partial charge < -0.3 is 4.90 Å². The topological polar surface area (TPSA) is 44.1 Å². The molecule has 4 heteroatoms. The number of benzene rings is 2. The van der Waals surface area contributed by atoms with Crippen LogP contribution in [0, 0.1) is 14.9 Å². The lowest BCUT2D eigenvalue weighted by Crippen LogP contribution is -2.26. The highest BCUT2D eigenvalue weighted by atomic mass is 127. The van der Waals surface area contributed by atoms with E-state index in [1.54, 1.807) is 24.1 Å². The highest BCUT2D eigenvalue weighted by Gasteiger charge is 2.11. The third-order valence-electron chi connectivity index (χ3n) is 2.94. The number of rotatable bonds is 3. The Bertz CT molecular complexity index is 642. The van der Waals surface area contributed by atoms with Gasteiger partial charge >= 0.3 is 0 Å². The van der Waals surface area contributed by atoms with Gasteiger partial charge in [0.1, 0.15) is 0 Å². The predicted octanol–water partition coefficient (Wildman–Crippen LogP) is 3.44. The smallest absolute Gasteiger partial charge is 0.253 e. The van der Waals surface area contributed by atoms with Gasteiger partial charge in [0.2, 0.25) is 0 Å². The summed E-state index contributed by atoms with van der Waals surface area (Å²) in [6.07, 6.45) is 0. The third-order valence-corrected chi connectivity index (χ3v) is 3.66. The molecule has 0 N–H and O–H groups in total. The van der Waals surface area contributed by atoms with Crippen molar-refractivity contribution in [1.29, 1.82) is 5.26 Å². The average molecular weight is 376 g/mol. The lowest BCUT2D eigenvalue weighted by Gasteiger charge is -2.17. The van der Waals surface area contributed by atoms with Gasteiger partial charge in [-0.1, -0.05) is 12.1 Å². The molecule has 2 rings (SSSR count). The van der Waals surface area contributed by atoms with Crippen molar-refractivity contribution in [2.45, 2.75) is 6.54 Å². The summed E-state index contributed by atoms with van der Waals surface area (Å²) in [6.45, 7) is 0.524. The molecule has 0 saturated carbocycles. The zero-order chi connectivity index (χ0) is 14.5. The minimum Gasteiger partial charge on any atom is -0.337 e. The zero-order valence-corrected chi connectivity index (χ0v) is 13.2. The predicted molar refractivity (Wildman–Crippen MR) is 86.1 cm³/mol. The zero-order valence-electron chi connectivity index (χ0n) is 11.0. The van der Waals surface area contributed by atoms with E-state index in [2.05, 4.69) is 28.7 Å². The van der Waals surface area contributed by atoms with Gasteiger partial charge in [-0.15, -0.1) is 0 Å². The summed E-state index contributed by atoms with van der Waals surface area (Å²) in [5.41, 5.74) is 2.31. The molecule has 2 aromatic carbocycles. The van der Waals surface area contributed by atoms with Crippen molar-refractivity contribution in [2.24, 2.45) is 0 Å². The van der Waals surface area contributed by atoms with Crippen molar-refractivity contribution >= 4 is 28.5 Å². The highest BCUT2D eigenvalue weighted by molar-refractivity contribution is 14.1. The first-order valence-corrected chi connectivity index (χ1v) is 7.18. The quantitative estimate of drug-likeness (QED) is 0.771. The molecule has 2 aromatic rings. The fourth-order valence-electron chi connectivity index (χ4n) is 1.84. The molecule has 0 unspecified atom stereocenters. The van der Waals surface area contributed by atoms with Crippen molar-refractivity contribution in [3.63, 3.8) is 0 Å². The molecule has 0 spiro atoms. The maximum Gasteiger partial charge on any atom is 0.253 e. The molecule has 1 amide bonds. The van der Waals surface area contributed by atoms with Gasteiger partial charge in [0.05, 0.1) is 11.6 Å². The fourth-order valence-corrected chi connectivity index (χ4v) is 2.20. The summed E-state index contributed by atoms with van der Waals surface area (Å²) >= 11 is 2.21. The highest BCUT2D eigenvalue weighted by Crippen LogP contribution is 2.11. The van der Waals surface area contributed by atoms with E-state index in [0.717, 1.165) is 9.13 Å². The van der Waals surface area contributed by atoms with Crippen molar-refractivity contribution in [2.75, 3.05) is 7.05 Å². The largest absolute Gasteiger partial charge is 0.337 e. The van der Waals surface area contributed by atoms with E-state index in [0.29, 0.717) is 17.7 Å². The van der Waals surface area contributed by atoms with Crippen LogP contribution in [0.2, 0.25) is 0 Å². The molecular formula is C16H13IN2O. The summed E-state index contributed by atoms with van der Waals surface area (Å²) < 4.78 is 1.11. The van der Waals surface area contributed by atoms with E-state index >= 15 is 0 Å². The molecule has 0 saturated heterocycles. The van der Waals surface area contributed by atoms with Crippen LogP contribution in [-0.4, -0.2) is 17.9 Å². The van der Waals surface area contributed by atoms with E-state index in [1.165, 1.54) is 0 Å². The van der Waals surface area contributed by atoms with E-state index in [1.807, 2.05) is 36.4 Å². The number of amides is 1. The van der Waals surface area contributed by atoms with Crippen molar-refractivity contribution in [3.05, 3.63) is 68.8 Å². The molecule has 3 nitrogen and oxygen atoms in total. The number of carbonyl (C=O) groups excluding carboxylic acids is 1. The summed E-state index contributed by atoms with van der Waals surface area (Å²) in [4.78, 5) is 13.9. The van der Waals surface area contributed by atoms with Gasteiger partial charge in [-0.2, -0.15) is 5.26 Å². The SMILES string of the molecule is CN(Cc1ccc(C#N)cc1)C(=O)c1ccc(I)cc1. The van der Waals surface area contributed by atoms with Gasteiger partial charge in [0.25, 0.3) is 5.91 Å². The van der Waals surface area contributed by atoms with Crippen LogP contribution in [0.1, 0.15) is 21.5 Å². The van der Waals surface area contributed by atoms with Crippen molar-refractivity contribution in [3.8, 4) is 6.07 Å². The molecule has 0 aliphatic carbocycles. The molecule has 0 bridgehead atoms. The van der Waals surface area contributed by atoms with Crippen LogP contribution in [0.4, 0.5) is 0 Å². The van der Waals surface area contributed by atoms with Gasteiger partial charge in [0.15, 0.2) is 0 Å². The Kier molecular flexibility index (Phi) is 4.74. The first-order chi connectivity index (χ1) is 9.60. The molecule has 0 fully saturated rings. The Morgan fingerprint density at radius 2 is 1.75 bits per heavy atom. The normalized spacial score (nSPS) is 9.85. The van der Waals surface area contributed by atoms with Crippen LogP contribution >= 0.6 is 22.6 Å². The van der Waals surface area contributed by atoms with Gasteiger partial charge in [-0.05, 0) is 64.6 Å². The number of nitriles is 1. The monoisotopic (exact) mass is 376 g/mol. The Labute approximate surface area is 132 Å². The molecule has 0 aliphatic heterocycles. The van der Waals surface area contributed by atoms with E-state index in [-0.39, 0.29) is 5.91 Å². The third kappa shape index (κ3) is 3.58. The Hall–Kier alpha value is -1.87. The van der Waals surface area contributed by atoms with E-state index in [4.69, 9.17) is 5.26 Å². The molecule has 0 atom stereocenters. The van der Waals surface area contributed by atoms with Gasteiger partial charge in [-0.3, -0.25) is 4.79 Å². The second-order valence-corrected chi connectivity index (χ2v) is 5.72. The van der Waals surface area contributed by atoms with Crippen LogP contribution < -0.4 is 0 Å². The molecule has 20 heavy (non-hydrogen) atoms. The lowest BCUT2D eigenvalue weighted by molar-refractivity contribution is 0.0785. The summed E-state index contributed by atoms with van der Waals surface area (Å²) in [5, 5.41) is 8.75. The standard InChI is InChI=1S/C16H13IN2O/c1-19(11-13-4-2-12(10-18)3-5-13)16(20)14-6-8-15(17)9-7-14/h2-9H,11H2,1H3. The molecule has 0 radical (unpaired) electrons. The maximum absolute atomic E-state index is 12.3. The van der Waals surface area contributed by atoms with Crippen molar-refractivity contribution in [1.82, 2.24) is 4.90 Å². The minimum absolute atomic E-state index is 0.00856. The molecule has 100 valence electrons. The Balaban J connectivity index is 2.07. The van der Waals surface area contributed by atoms with Crippen LogP contribution in [0.15, 0.2) is 48.5 Å². The first kappa shape index (κ1) is 14.5. The Morgan fingerprint density at radius 3 is 2.30 bits per heavy atom. The van der Waals surface area contributed by atoms with E-state index in [9.17, 15) is 4.79 Å². The second-order valence-electron chi connectivity index (χ2n) is 4.48. The summed E-state index contributed by atoms with van der Waals surface area (Å²) in [6, 6.07) is 16.9. The molecule has 0 aromatic heterocycles. The molecular weight excluding hydrogens is 363 g/mol. The Morgan fingerprint density at radius 1 is 1.15 bits per heavy atom. The second kappa shape index (κ2) is 6.53. The number of halogens is 1. The van der Waals surface area contributed by atoms with Gasteiger partial charge in [-0.25, -0.2) is 0 Å². The molecule has 0 aliphatic rings. The van der Waals surface area contributed by atoms with Crippen LogP contribution in [0.5, 0.6) is 0 Å². The van der Waals surface area contributed by atoms with Crippen molar-refractivity contribution < 1.29 is 4.79 Å². The first-order valence-electron chi connectivity index (χ1n) is 6.10. The summed E-state index contributed by atoms with van der Waals surface area (Å²) in [7, 11) is 1.78. The lowest BCUT2D eigenvalue weighted by atomic mass is 10.1. The number of hydrogen-bond donors (Lipinski definition) is 0. The minimum atomic E-state index is -0.00856. The van der Waals surface area contributed by atoms with Crippen LogP contribution in [0.25, 0.3) is 0 Å². The van der Waals surface area contributed by atoms with Gasteiger partial charge in [0, 0.05) is 22.7 Å². The maximum atomic E-state index is 12.3. The average Bonchev–Trinajstić information content (AvgIpc) is 2.48.